The van der Waals surface area contributed by atoms with Crippen molar-refractivity contribution in [1.29, 1.82) is 0 Å². The monoisotopic (exact) mass is 270 g/mol. The molecule has 1 aromatic rings. The van der Waals surface area contributed by atoms with Crippen molar-refractivity contribution in [2.24, 2.45) is 0 Å². The van der Waals surface area contributed by atoms with Gasteiger partial charge in [-0.15, -0.1) is 0 Å². The minimum absolute atomic E-state index is 0. The Hall–Kier alpha value is -0.159. The van der Waals surface area contributed by atoms with Crippen molar-refractivity contribution in [3.63, 3.8) is 0 Å². The molecule has 0 saturated heterocycles. The molecule has 0 bridgehead atoms. The first-order chi connectivity index (χ1) is 4.22. The second-order valence-electron chi connectivity index (χ2n) is 1.18. The Bertz CT molecular complexity index is 239. The molecule has 0 saturated carbocycles. The van der Waals surface area contributed by atoms with E-state index in [0.717, 1.165) is 0 Å². The Morgan fingerprint density at radius 1 is 1.80 bits per heavy atom. The topological polar surface area (TPSA) is 113 Å². The molecule has 0 fully saturated rings. The fourth-order valence-electron chi connectivity index (χ4n) is 0.309. The number of nitrogens with zero attached hydrogens (tertiary/aromatic N) is 5. The Morgan fingerprint density at radius 2 is 2.40 bits per heavy atom. The maximum absolute atomic E-state index is 9.85. The summed E-state index contributed by atoms with van der Waals surface area (Å²) in [6.45, 7) is 0. The van der Waals surface area contributed by atoms with Gasteiger partial charge in [-0.25, -0.2) is 0 Å². The number of nitrogens with two attached hydrogens (primary N) is 1. The zero-order valence-corrected chi connectivity index (χ0v) is 9.28. The molecule has 1 rings (SSSR count). The van der Waals surface area contributed by atoms with Crippen LogP contribution in [0.15, 0.2) is 0 Å². The van der Waals surface area contributed by atoms with Crippen molar-refractivity contribution in [3.8, 4) is 0 Å². The van der Waals surface area contributed by atoms with Crippen molar-refractivity contribution in [2.75, 3.05) is 5.84 Å². The van der Waals surface area contributed by atoms with E-state index in [2.05, 4.69) is 15.5 Å². The normalized spacial score (nSPS) is 8.40. The Balaban J connectivity index is -0.000000270. The maximum Gasteiger partial charge on any atom is 2.00 e. The number of rotatable bonds is 1. The van der Waals surface area contributed by atoms with Gasteiger partial charge in [0, 0.05) is 0 Å². The van der Waals surface area contributed by atoms with Crippen LogP contribution in [-0.4, -0.2) is 74.1 Å². The van der Waals surface area contributed by atoms with Gasteiger partial charge in [0.05, 0.1) is 15.5 Å². The summed E-state index contributed by atoms with van der Waals surface area (Å²) in [5.41, 5.74) is 0. The maximum atomic E-state index is 9.85. The molecule has 0 amide bonds. The van der Waals surface area contributed by atoms with Crippen LogP contribution < -0.4 is 5.84 Å². The molecule has 0 spiro atoms. The van der Waals surface area contributed by atoms with Crippen LogP contribution in [0.2, 0.25) is 0 Å². The van der Waals surface area contributed by atoms with E-state index in [-0.39, 0.29) is 51.7 Å². The predicted octanol–water partition coefficient (Wildman–Crippen LogP) is -1.86. The van der Waals surface area contributed by atoms with Gasteiger partial charge < -0.3 is 13.0 Å². The summed E-state index contributed by atoms with van der Waals surface area (Å²) in [4.78, 5) is 9.55. The van der Waals surface area contributed by atoms with E-state index >= 15 is 0 Å². The summed E-state index contributed by atoms with van der Waals surface area (Å²) in [5, 5.41) is 18.8. The Morgan fingerprint density at radius 3 is 2.60 bits per heavy atom. The molecule has 52 valence electrons. The van der Waals surface area contributed by atoms with Gasteiger partial charge in [0.2, 0.25) is 0 Å². The van der Waals surface area contributed by atoms with Crippen LogP contribution in [0.4, 0.5) is 5.95 Å². The molecule has 1 aromatic heterocycles. The molecule has 0 radical (unpaired) electrons. The van der Waals surface area contributed by atoms with Crippen LogP contribution in [0.25, 0.3) is 0 Å². The molecule has 0 aliphatic heterocycles. The van der Waals surface area contributed by atoms with Crippen molar-refractivity contribution in [1.82, 2.24) is 20.3 Å². The Labute approximate surface area is 97.9 Å². The van der Waals surface area contributed by atoms with Crippen LogP contribution >= 0.6 is 0 Å². The summed E-state index contributed by atoms with van der Waals surface area (Å²) in [6, 6.07) is 0. The summed E-state index contributed by atoms with van der Waals surface area (Å²) in [6.07, 6.45) is 0. The molecule has 0 aliphatic rings. The van der Waals surface area contributed by atoms with Crippen molar-refractivity contribution >= 4 is 54.8 Å². The van der Waals surface area contributed by atoms with Gasteiger partial charge in [-0.1, -0.05) is 0 Å². The fourth-order valence-corrected chi connectivity index (χ4v) is 0.309. The van der Waals surface area contributed by atoms with E-state index in [0.29, 0.717) is 4.79 Å². The molecule has 0 aromatic carbocycles. The number of hydrogen-bond donors (Lipinski definition) is 1. The minimum Gasteiger partial charge on any atom is -1.00 e. The van der Waals surface area contributed by atoms with E-state index in [4.69, 9.17) is 5.84 Å². The third-order valence-electron chi connectivity index (χ3n) is 0.639. The first-order valence-corrected chi connectivity index (χ1v) is 1.89. The van der Waals surface area contributed by atoms with E-state index in [1.807, 2.05) is 0 Å². The first-order valence-electron chi connectivity index (χ1n) is 1.89. The number of nitro groups is 1. The summed E-state index contributed by atoms with van der Waals surface area (Å²) in [5.74, 6) is 4.31. The second kappa shape index (κ2) is 3.88. The molecule has 10 heavy (non-hydrogen) atoms. The zero-order valence-electron chi connectivity index (χ0n) is 6.84. The molecule has 0 unspecified atom stereocenters. The van der Waals surface area contributed by atoms with Gasteiger partial charge in [0.1, 0.15) is 0 Å². The molecule has 2 N–H and O–H groups in total. The quantitative estimate of drug-likeness (QED) is 0.277. The minimum atomic E-state index is -0.778. The standard InChI is InChI=1S/CH2N6O2.Ba.2H/c2-6-1(7(8)9)3-4-5-6;;;/h2H2;;;/q;+2;2*-1. The fraction of sp³-hybridized carbons (Fsp3) is 0. The number of tetrazole rings is 1. The van der Waals surface area contributed by atoms with E-state index in [9.17, 15) is 10.1 Å². The van der Waals surface area contributed by atoms with E-state index in [1.165, 1.54) is 0 Å². The Kier molecular flexibility index (Phi) is 3.82. The third-order valence-corrected chi connectivity index (χ3v) is 0.639. The van der Waals surface area contributed by atoms with Gasteiger partial charge in [0.15, 0.2) is 0 Å². The van der Waals surface area contributed by atoms with Crippen LogP contribution in [0.3, 0.4) is 0 Å². The largest absolute Gasteiger partial charge is 2.00 e. The summed E-state index contributed by atoms with van der Waals surface area (Å²) >= 11 is 0. The molecule has 8 nitrogen and oxygen atoms in total. The van der Waals surface area contributed by atoms with Crippen LogP contribution in [0.5, 0.6) is 0 Å². The van der Waals surface area contributed by atoms with Crippen LogP contribution in [0.1, 0.15) is 2.85 Å². The molecule has 9 heteroatoms. The van der Waals surface area contributed by atoms with Gasteiger partial charge >= 0.3 is 54.8 Å². The number of nitrogen functional groups attached to an aromatic ring is 1. The van der Waals surface area contributed by atoms with Crippen molar-refractivity contribution < 1.29 is 7.78 Å². The summed E-state index contributed by atoms with van der Waals surface area (Å²) < 4.78 is 0. The smallest absolute Gasteiger partial charge is 1.00 e. The molecule has 0 aliphatic carbocycles. The van der Waals surface area contributed by atoms with Crippen LogP contribution in [0, 0.1) is 10.1 Å². The van der Waals surface area contributed by atoms with E-state index < -0.39 is 10.9 Å². The van der Waals surface area contributed by atoms with Gasteiger partial charge in [-0.05, 0) is 9.71 Å². The SMILES string of the molecule is Nn1nnnc1[N+](=O)[O-].[Ba+2].[H-].[H-]. The van der Waals surface area contributed by atoms with Gasteiger partial charge in [-0.2, -0.15) is 0 Å². The summed E-state index contributed by atoms with van der Waals surface area (Å²) in [7, 11) is 0. The first kappa shape index (κ1) is 9.84. The average molecular weight is 269 g/mol. The molecular formula is CH4BaN6O2. The molecule has 0 atom stereocenters. The van der Waals surface area contributed by atoms with Crippen molar-refractivity contribution in [2.45, 2.75) is 0 Å². The second-order valence-corrected chi connectivity index (χ2v) is 1.18. The predicted molar refractivity (Wildman–Crippen MR) is 32.6 cm³/mol. The number of aromatic nitrogens is 4. The van der Waals surface area contributed by atoms with Crippen LogP contribution in [-0.2, 0) is 0 Å². The van der Waals surface area contributed by atoms with Crippen molar-refractivity contribution in [3.05, 3.63) is 10.1 Å². The average Bonchev–Trinajstić information content (AvgIpc) is 2.13. The molecule has 1 heterocycles. The third kappa shape index (κ3) is 1.92. The number of hydrogen-bond acceptors (Lipinski definition) is 6. The molecular weight excluding hydrogens is 265 g/mol. The zero-order chi connectivity index (χ0) is 6.85. The van der Waals surface area contributed by atoms with E-state index in [1.54, 1.807) is 0 Å². The van der Waals surface area contributed by atoms with Gasteiger partial charge in [0.25, 0.3) is 0 Å². The van der Waals surface area contributed by atoms with Gasteiger partial charge in [-0.3, -0.25) is 5.84 Å².